The van der Waals surface area contributed by atoms with Crippen LogP contribution in [0.5, 0.6) is 0 Å². The van der Waals surface area contributed by atoms with Crippen molar-refractivity contribution < 1.29 is 19.4 Å². The minimum atomic E-state index is -0.734. The molecule has 12 heteroatoms. The van der Waals surface area contributed by atoms with Crippen molar-refractivity contribution in [1.29, 1.82) is 0 Å². The zero-order chi connectivity index (χ0) is 27.8. The second-order valence-electron chi connectivity index (χ2n) is 8.00. The molecule has 0 bridgehead atoms. The monoisotopic (exact) mass is 524 g/mol. The van der Waals surface area contributed by atoms with E-state index in [-0.39, 0.29) is 17.1 Å². The number of nitro groups is 2. The first kappa shape index (κ1) is 26.2. The largest absolute Gasteiger partial charge is 0.317 e. The van der Waals surface area contributed by atoms with Gasteiger partial charge in [0, 0.05) is 41.7 Å². The van der Waals surface area contributed by atoms with Crippen molar-refractivity contribution in [3.8, 4) is 5.69 Å². The highest BCUT2D eigenvalue weighted by Gasteiger charge is 2.15. The third-order valence-electron chi connectivity index (χ3n) is 5.43. The number of hydrazone groups is 1. The first-order chi connectivity index (χ1) is 18.8. The van der Waals surface area contributed by atoms with Crippen LogP contribution in [-0.2, 0) is 4.79 Å². The van der Waals surface area contributed by atoms with Gasteiger partial charge in [0.05, 0.1) is 21.8 Å². The van der Waals surface area contributed by atoms with Gasteiger partial charge in [0.1, 0.15) is 5.70 Å². The van der Waals surface area contributed by atoms with Crippen LogP contribution in [0.25, 0.3) is 11.8 Å². The lowest BCUT2D eigenvalue weighted by Gasteiger charge is -2.09. The predicted octanol–water partition coefficient (Wildman–Crippen LogP) is 4.21. The molecule has 1 heterocycles. The number of hydrogen-bond acceptors (Lipinski definition) is 7. The molecule has 0 unspecified atom stereocenters. The van der Waals surface area contributed by atoms with E-state index in [1.165, 1.54) is 48.7 Å². The Labute approximate surface area is 221 Å². The summed E-state index contributed by atoms with van der Waals surface area (Å²) in [6, 6.07) is 23.1. The number of hydrogen-bond donors (Lipinski definition) is 2. The topological polar surface area (TPSA) is 162 Å². The van der Waals surface area contributed by atoms with E-state index >= 15 is 0 Å². The molecule has 4 rings (SSSR count). The van der Waals surface area contributed by atoms with Crippen LogP contribution in [0.4, 0.5) is 11.4 Å². The Morgan fingerprint density at radius 1 is 0.795 bits per heavy atom. The molecular formula is C27H20N6O6. The summed E-state index contributed by atoms with van der Waals surface area (Å²) in [5, 5.41) is 28.4. The first-order valence-corrected chi connectivity index (χ1v) is 11.4. The van der Waals surface area contributed by atoms with Gasteiger partial charge in [-0.1, -0.05) is 18.2 Å². The summed E-state index contributed by atoms with van der Waals surface area (Å²) in [6.45, 7) is 0. The zero-order valence-electron chi connectivity index (χ0n) is 20.1. The van der Waals surface area contributed by atoms with Crippen LogP contribution < -0.4 is 10.7 Å². The fourth-order valence-corrected chi connectivity index (χ4v) is 3.49. The summed E-state index contributed by atoms with van der Waals surface area (Å²) < 4.78 is 1.71. The van der Waals surface area contributed by atoms with Gasteiger partial charge in [-0.2, -0.15) is 5.10 Å². The fraction of sp³-hybridized carbons (Fsp3) is 0. The molecule has 3 aromatic carbocycles. The maximum Gasteiger partial charge on any atom is 0.287 e. The standard InChI is InChI=1S/C27H20N6O6/c34-26(20-5-2-1-3-6-20)29-25(17-19-8-10-22(11-9-19)32(36)37)27(35)30-28-18-24-7-4-16-31(24)21-12-14-23(15-13-21)33(38)39/h1-18H,(H,29,34)(H,30,35)/b25-17-,28-18-. The molecule has 0 saturated heterocycles. The van der Waals surface area contributed by atoms with Crippen molar-refractivity contribution in [2.75, 3.05) is 0 Å². The van der Waals surface area contributed by atoms with Crippen molar-refractivity contribution in [2.24, 2.45) is 5.10 Å². The van der Waals surface area contributed by atoms with Crippen LogP contribution >= 0.6 is 0 Å². The number of amides is 2. The van der Waals surface area contributed by atoms with Gasteiger partial charge in [-0.05, 0) is 60.2 Å². The van der Waals surface area contributed by atoms with E-state index in [2.05, 4.69) is 15.8 Å². The van der Waals surface area contributed by atoms with E-state index in [1.807, 2.05) is 0 Å². The molecule has 0 saturated carbocycles. The highest BCUT2D eigenvalue weighted by atomic mass is 16.6. The Morgan fingerprint density at radius 2 is 1.41 bits per heavy atom. The molecule has 194 valence electrons. The highest BCUT2D eigenvalue weighted by molar-refractivity contribution is 6.05. The lowest BCUT2D eigenvalue weighted by molar-refractivity contribution is -0.385. The zero-order valence-corrected chi connectivity index (χ0v) is 20.1. The minimum Gasteiger partial charge on any atom is -0.317 e. The summed E-state index contributed by atoms with van der Waals surface area (Å²) >= 11 is 0. The van der Waals surface area contributed by atoms with E-state index in [9.17, 15) is 29.8 Å². The number of aromatic nitrogens is 1. The van der Waals surface area contributed by atoms with Gasteiger partial charge in [0.2, 0.25) is 0 Å². The van der Waals surface area contributed by atoms with Crippen LogP contribution in [0, 0.1) is 20.2 Å². The molecule has 0 aliphatic carbocycles. The number of carbonyl (C=O) groups excluding carboxylic acids is 2. The minimum absolute atomic E-state index is 0.0433. The van der Waals surface area contributed by atoms with Crippen LogP contribution in [0.15, 0.2) is 108 Å². The van der Waals surface area contributed by atoms with E-state index in [1.54, 1.807) is 65.4 Å². The molecule has 1 aromatic heterocycles. The summed E-state index contributed by atoms with van der Waals surface area (Å²) in [4.78, 5) is 46.5. The van der Waals surface area contributed by atoms with Gasteiger partial charge < -0.3 is 9.88 Å². The van der Waals surface area contributed by atoms with Crippen molar-refractivity contribution in [2.45, 2.75) is 0 Å². The SMILES string of the molecule is O=C(N/N=C\c1cccn1-c1ccc([N+](=O)[O-])cc1)/C(=C/c1ccc([N+](=O)[O-])cc1)NC(=O)c1ccccc1. The van der Waals surface area contributed by atoms with Gasteiger partial charge in [0.15, 0.2) is 0 Å². The lowest BCUT2D eigenvalue weighted by Crippen LogP contribution is -2.32. The van der Waals surface area contributed by atoms with Gasteiger partial charge in [-0.15, -0.1) is 0 Å². The van der Waals surface area contributed by atoms with Gasteiger partial charge >= 0.3 is 0 Å². The number of nitro benzene ring substituents is 2. The first-order valence-electron chi connectivity index (χ1n) is 11.4. The third kappa shape index (κ3) is 6.65. The number of nitrogens with zero attached hydrogens (tertiary/aromatic N) is 4. The molecule has 12 nitrogen and oxygen atoms in total. The smallest absolute Gasteiger partial charge is 0.287 e. The molecule has 0 spiro atoms. The highest BCUT2D eigenvalue weighted by Crippen LogP contribution is 2.17. The van der Waals surface area contributed by atoms with Gasteiger partial charge in [-0.3, -0.25) is 29.8 Å². The van der Waals surface area contributed by atoms with E-state index in [0.717, 1.165) is 0 Å². The summed E-state index contributed by atoms with van der Waals surface area (Å²) in [5.41, 5.74) is 4.04. The summed E-state index contributed by atoms with van der Waals surface area (Å²) in [6.07, 6.45) is 4.47. The molecule has 0 aliphatic heterocycles. The molecule has 0 aliphatic rings. The molecule has 0 radical (unpaired) electrons. The molecule has 0 fully saturated rings. The van der Waals surface area contributed by atoms with Crippen LogP contribution in [0.3, 0.4) is 0 Å². The normalized spacial score (nSPS) is 11.2. The van der Waals surface area contributed by atoms with Crippen molar-refractivity contribution in [3.05, 3.63) is 140 Å². The average molecular weight is 524 g/mol. The van der Waals surface area contributed by atoms with E-state index < -0.39 is 21.7 Å². The van der Waals surface area contributed by atoms with E-state index in [4.69, 9.17) is 0 Å². The molecule has 2 N–H and O–H groups in total. The second-order valence-corrected chi connectivity index (χ2v) is 8.00. The van der Waals surface area contributed by atoms with Gasteiger partial charge in [-0.25, -0.2) is 5.43 Å². The average Bonchev–Trinajstić information content (AvgIpc) is 3.42. The van der Waals surface area contributed by atoms with E-state index in [0.29, 0.717) is 22.5 Å². The Hall–Kier alpha value is -5.91. The quantitative estimate of drug-likeness (QED) is 0.144. The Morgan fingerprint density at radius 3 is 2.03 bits per heavy atom. The van der Waals surface area contributed by atoms with Crippen molar-refractivity contribution in [1.82, 2.24) is 15.3 Å². The number of non-ortho nitro benzene ring substituents is 2. The predicted molar refractivity (Wildman–Crippen MR) is 143 cm³/mol. The third-order valence-corrected chi connectivity index (χ3v) is 5.43. The van der Waals surface area contributed by atoms with Crippen molar-refractivity contribution in [3.63, 3.8) is 0 Å². The Bertz CT molecular complexity index is 1580. The Balaban J connectivity index is 1.54. The fourth-order valence-electron chi connectivity index (χ4n) is 3.49. The number of benzene rings is 3. The van der Waals surface area contributed by atoms with Crippen LogP contribution in [0.2, 0.25) is 0 Å². The van der Waals surface area contributed by atoms with Crippen LogP contribution in [0.1, 0.15) is 21.6 Å². The number of carbonyl (C=O) groups is 2. The lowest BCUT2D eigenvalue weighted by atomic mass is 10.1. The maximum atomic E-state index is 13.0. The number of nitrogens with one attached hydrogen (secondary N) is 2. The summed E-state index contributed by atoms with van der Waals surface area (Å²) in [7, 11) is 0. The van der Waals surface area contributed by atoms with Crippen LogP contribution in [-0.4, -0.2) is 32.4 Å². The maximum absolute atomic E-state index is 13.0. The molecule has 4 aromatic rings. The second kappa shape index (κ2) is 11.9. The Kier molecular flexibility index (Phi) is 7.97. The van der Waals surface area contributed by atoms with Gasteiger partial charge in [0.25, 0.3) is 23.2 Å². The molecule has 39 heavy (non-hydrogen) atoms. The molecular weight excluding hydrogens is 504 g/mol. The summed E-state index contributed by atoms with van der Waals surface area (Å²) in [5.74, 6) is -1.27. The van der Waals surface area contributed by atoms with Crippen molar-refractivity contribution >= 4 is 35.5 Å². The number of rotatable bonds is 9. The molecule has 0 atom stereocenters. The molecule has 2 amide bonds.